The van der Waals surface area contributed by atoms with Gasteiger partial charge in [0.25, 0.3) is 0 Å². The predicted octanol–water partition coefficient (Wildman–Crippen LogP) is 7.61. The molecule has 0 aromatic heterocycles. The van der Waals surface area contributed by atoms with Gasteiger partial charge in [0, 0.05) is 12.8 Å². The maximum Gasteiger partial charge on any atom is 0.234 e. The smallest absolute Gasteiger partial charge is 0.228 e. The van der Waals surface area contributed by atoms with Crippen LogP contribution in [0.5, 0.6) is 0 Å². The van der Waals surface area contributed by atoms with Gasteiger partial charge in [0.1, 0.15) is 0 Å². The van der Waals surface area contributed by atoms with Gasteiger partial charge in [-0.2, -0.15) is 9.78 Å². The molecule has 0 N–H and O–H groups in total. The van der Waals surface area contributed by atoms with Crippen molar-refractivity contribution in [2.45, 2.75) is 139 Å². The molecule has 0 spiro atoms. The van der Waals surface area contributed by atoms with E-state index in [1.54, 1.807) is 0 Å². The predicted molar refractivity (Wildman–Crippen MR) is 113 cm³/mol. The summed E-state index contributed by atoms with van der Waals surface area (Å²) in [6.45, 7) is 25.7. The average molecular weight is 389 g/mol. The molecular formula is C23H48O4. The average Bonchev–Trinajstić information content (AvgIpc) is 2.38. The van der Waals surface area contributed by atoms with E-state index in [1.165, 1.54) is 0 Å². The van der Waals surface area contributed by atoms with Gasteiger partial charge in [0.05, 0.1) is 11.2 Å². The SMILES string of the molecule is CCCC(CCC)(OOC(C)(C)CC(C)(C)C)OOC(C)(C)CC(C)(C)C. The minimum atomic E-state index is -0.881. The van der Waals surface area contributed by atoms with Crippen LogP contribution < -0.4 is 0 Å². The summed E-state index contributed by atoms with van der Waals surface area (Å²) >= 11 is 0. The van der Waals surface area contributed by atoms with Crippen LogP contribution in [-0.4, -0.2) is 17.0 Å². The summed E-state index contributed by atoms with van der Waals surface area (Å²) in [6.07, 6.45) is 5.05. The molecule has 4 heteroatoms. The van der Waals surface area contributed by atoms with Crippen molar-refractivity contribution in [3.63, 3.8) is 0 Å². The van der Waals surface area contributed by atoms with E-state index >= 15 is 0 Å². The molecule has 0 aromatic carbocycles. The van der Waals surface area contributed by atoms with Crippen LogP contribution in [0, 0.1) is 10.8 Å². The largest absolute Gasteiger partial charge is 0.234 e. The van der Waals surface area contributed by atoms with Gasteiger partial charge in [-0.05, 0) is 51.4 Å². The normalized spacial score (nSPS) is 14.7. The first-order chi connectivity index (χ1) is 11.9. The van der Waals surface area contributed by atoms with Gasteiger partial charge in [0.15, 0.2) is 0 Å². The fraction of sp³-hybridized carbons (Fsp3) is 1.00. The zero-order chi connectivity index (χ0) is 21.6. The molecule has 0 heterocycles. The second-order valence-corrected chi connectivity index (χ2v) is 11.7. The topological polar surface area (TPSA) is 36.9 Å². The summed E-state index contributed by atoms with van der Waals surface area (Å²) in [5, 5.41) is 0. The minimum absolute atomic E-state index is 0.150. The van der Waals surface area contributed by atoms with Crippen LogP contribution in [0.1, 0.15) is 122 Å². The molecule has 164 valence electrons. The van der Waals surface area contributed by atoms with Gasteiger partial charge in [0.2, 0.25) is 5.79 Å². The number of hydrogen-bond acceptors (Lipinski definition) is 4. The Kier molecular flexibility index (Phi) is 9.99. The van der Waals surface area contributed by atoms with Crippen LogP contribution in [0.25, 0.3) is 0 Å². The molecule has 0 aliphatic rings. The monoisotopic (exact) mass is 388 g/mol. The van der Waals surface area contributed by atoms with Crippen molar-refractivity contribution in [1.29, 1.82) is 0 Å². The third kappa shape index (κ3) is 12.8. The Labute approximate surface area is 169 Å². The molecule has 0 saturated heterocycles. The third-order valence-electron chi connectivity index (χ3n) is 4.01. The number of rotatable bonds is 12. The van der Waals surface area contributed by atoms with Crippen molar-refractivity contribution >= 4 is 0 Å². The summed E-state index contributed by atoms with van der Waals surface area (Å²) in [5.74, 6) is -0.881. The van der Waals surface area contributed by atoms with E-state index in [4.69, 9.17) is 19.6 Å². The maximum absolute atomic E-state index is 6.00. The lowest BCUT2D eigenvalue weighted by molar-refractivity contribution is -0.547. The zero-order valence-electron chi connectivity index (χ0n) is 20.4. The number of hydrogen-bond donors (Lipinski definition) is 0. The molecule has 0 aliphatic carbocycles. The third-order valence-corrected chi connectivity index (χ3v) is 4.01. The molecule has 4 nitrogen and oxygen atoms in total. The van der Waals surface area contributed by atoms with E-state index in [2.05, 4.69) is 83.1 Å². The van der Waals surface area contributed by atoms with Crippen LogP contribution in [0.4, 0.5) is 0 Å². The first kappa shape index (κ1) is 26.8. The summed E-state index contributed by atoms with van der Waals surface area (Å²) in [6, 6.07) is 0. The van der Waals surface area contributed by atoms with Crippen LogP contribution >= 0.6 is 0 Å². The van der Waals surface area contributed by atoms with Gasteiger partial charge in [-0.25, -0.2) is 9.78 Å². The molecule has 0 fully saturated rings. The quantitative estimate of drug-likeness (QED) is 0.196. The maximum atomic E-state index is 6.00. The molecule has 0 saturated carbocycles. The van der Waals surface area contributed by atoms with E-state index in [1.807, 2.05) is 0 Å². The van der Waals surface area contributed by atoms with Gasteiger partial charge in [-0.1, -0.05) is 68.2 Å². The standard InChI is InChI=1S/C23H48O4/c1-13-15-23(16-14-2,26-24-21(9,10)17-19(3,4)5)27-25-22(11,12)18-20(6,7)8/h13-18H2,1-12H3. The molecule has 27 heavy (non-hydrogen) atoms. The highest BCUT2D eigenvalue weighted by Gasteiger charge is 2.40. The minimum Gasteiger partial charge on any atom is -0.228 e. The molecule has 0 amide bonds. The second-order valence-electron chi connectivity index (χ2n) is 11.7. The summed E-state index contributed by atoms with van der Waals surface area (Å²) in [4.78, 5) is 23.9. The lowest BCUT2D eigenvalue weighted by Gasteiger charge is -2.39. The van der Waals surface area contributed by atoms with Crippen molar-refractivity contribution in [2.75, 3.05) is 0 Å². The molecule has 0 radical (unpaired) electrons. The molecule has 0 rings (SSSR count). The Morgan fingerprint density at radius 1 is 0.481 bits per heavy atom. The first-order valence-corrected chi connectivity index (χ1v) is 10.7. The Hall–Kier alpha value is -0.160. The van der Waals surface area contributed by atoms with Gasteiger partial charge < -0.3 is 0 Å². The van der Waals surface area contributed by atoms with Gasteiger partial charge in [-0.3, -0.25) is 0 Å². The highest BCUT2D eigenvalue weighted by atomic mass is 17.3. The van der Waals surface area contributed by atoms with Crippen molar-refractivity contribution < 1.29 is 19.6 Å². The summed E-state index contributed by atoms with van der Waals surface area (Å²) < 4.78 is 0. The molecule has 0 aliphatic heterocycles. The van der Waals surface area contributed by atoms with E-state index in [9.17, 15) is 0 Å². The highest BCUT2D eigenvalue weighted by molar-refractivity contribution is 4.78. The van der Waals surface area contributed by atoms with Crippen molar-refractivity contribution in [2.24, 2.45) is 10.8 Å². The van der Waals surface area contributed by atoms with E-state index in [-0.39, 0.29) is 10.8 Å². The molecule has 0 bridgehead atoms. The van der Waals surface area contributed by atoms with Crippen molar-refractivity contribution in [3.05, 3.63) is 0 Å². The molecule has 0 unspecified atom stereocenters. The fourth-order valence-electron chi connectivity index (χ4n) is 4.06. The van der Waals surface area contributed by atoms with Gasteiger partial charge in [-0.15, -0.1) is 0 Å². The Balaban J connectivity index is 5.20. The molecule has 0 aromatic rings. The van der Waals surface area contributed by atoms with Crippen LogP contribution in [0.2, 0.25) is 0 Å². The molecule has 0 atom stereocenters. The van der Waals surface area contributed by atoms with Crippen LogP contribution in [0.3, 0.4) is 0 Å². The Morgan fingerprint density at radius 2 is 0.778 bits per heavy atom. The Morgan fingerprint density at radius 3 is 1.00 bits per heavy atom. The van der Waals surface area contributed by atoms with E-state index in [0.717, 1.165) is 38.5 Å². The van der Waals surface area contributed by atoms with E-state index in [0.29, 0.717) is 0 Å². The van der Waals surface area contributed by atoms with Crippen LogP contribution in [-0.2, 0) is 19.6 Å². The molecular weight excluding hydrogens is 340 g/mol. The fourth-order valence-corrected chi connectivity index (χ4v) is 4.06. The van der Waals surface area contributed by atoms with Crippen LogP contribution in [0.15, 0.2) is 0 Å². The Bertz CT molecular complexity index is 373. The first-order valence-electron chi connectivity index (χ1n) is 10.7. The zero-order valence-corrected chi connectivity index (χ0v) is 20.4. The second kappa shape index (κ2) is 10.0. The van der Waals surface area contributed by atoms with Crippen molar-refractivity contribution in [3.8, 4) is 0 Å². The van der Waals surface area contributed by atoms with Crippen molar-refractivity contribution in [1.82, 2.24) is 0 Å². The summed E-state index contributed by atoms with van der Waals surface area (Å²) in [5.41, 5.74) is -0.515. The lowest BCUT2D eigenvalue weighted by Crippen LogP contribution is -2.43. The van der Waals surface area contributed by atoms with Gasteiger partial charge >= 0.3 is 0 Å². The van der Waals surface area contributed by atoms with E-state index < -0.39 is 17.0 Å². The summed E-state index contributed by atoms with van der Waals surface area (Å²) in [7, 11) is 0. The highest BCUT2D eigenvalue weighted by Crippen LogP contribution is 2.36. The lowest BCUT2D eigenvalue weighted by atomic mass is 9.84.